The molecule has 0 bridgehead atoms. The SMILES string of the molecule is NC1=Nc2ccc(Br)cc2[NH+](O)[N-]1. The summed E-state index contributed by atoms with van der Waals surface area (Å²) in [7, 11) is 0. The third-order valence-corrected chi connectivity index (χ3v) is 2.15. The molecule has 1 atom stereocenters. The van der Waals surface area contributed by atoms with E-state index in [9.17, 15) is 5.21 Å². The maximum absolute atomic E-state index is 9.42. The van der Waals surface area contributed by atoms with Crippen LogP contribution in [0.2, 0.25) is 0 Å². The van der Waals surface area contributed by atoms with Crippen LogP contribution in [0.1, 0.15) is 0 Å². The molecule has 0 aliphatic carbocycles. The van der Waals surface area contributed by atoms with Gasteiger partial charge in [-0.2, -0.15) is 10.6 Å². The van der Waals surface area contributed by atoms with E-state index in [2.05, 4.69) is 26.3 Å². The highest BCUT2D eigenvalue weighted by molar-refractivity contribution is 9.10. The van der Waals surface area contributed by atoms with Gasteiger partial charge in [-0.25, -0.2) is 0 Å². The topological polar surface area (TPSA) is 77.2 Å². The number of aliphatic imine (C=N–C) groups is 1. The lowest BCUT2D eigenvalue weighted by Crippen LogP contribution is -3.01. The van der Waals surface area contributed by atoms with Crippen molar-refractivity contribution in [3.8, 4) is 0 Å². The summed E-state index contributed by atoms with van der Waals surface area (Å²) in [4.78, 5) is 3.96. The van der Waals surface area contributed by atoms with Gasteiger partial charge >= 0.3 is 0 Å². The molecular weight excluding hydrogens is 236 g/mol. The van der Waals surface area contributed by atoms with Gasteiger partial charge in [-0.05, 0) is 12.1 Å². The molecule has 0 radical (unpaired) electrons. The van der Waals surface area contributed by atoms with Crippen LogP contribution in [0.5, 0.6) is 0 Å². The van der Waals surface area contributed by atoms with Crippen molar-refractivity contribution in [3.63, 3.8) is 0 Å². The van der Waals surface area contributed by atoms with E-state index in [1.807, 2.05) is 6.07 Å². The normalized spacial score (nSPS) is 20.2. The van der Waals surface area contributed by atoms with Crippen molar-refractivity contribution in [2.45, 2.75) is 0 Å². The summed E-state index contributed by atoms with van der Waals surface area (Å²) in [6.07, 6.45) is 0. The molecule has 0 saturated heterocycles. The number of nitrogens with two attached hydrogens (primary N) is 1. The van der Waals surface area contributed by atoms with Gasteiger partial charge in [-0.3, -0.25) is 0 Å². The molecule has 1 aromatic carbocycles. The Morgan fingerprint density at radius 3 is 3.08 bits per heavy atom. The van der Waals surface area contributed by atoms with Crippen molar-refractivity contribution < 1.29 is 10.4 Å². The molecule has 1 unspecified atom stereocenters. The van der Waals surface area contributed by atoms with Crippen LogP contribution in [0.3, 0.4) is 0 Å². The number of guanidine groups is 1. The molecule has 68 valence electrons. The largest absolute Gasteiger partial charge is 0.449 e. The highest BCUT2D eigenvalue weighted by Crippen LogP contribution is 2.27. The van der Waals surface area contributed by atoms with Crippen molar-refractivity contribution in [1.82, 2.24) is 0 Å². The first-order valence-electron chi connectivity index (χ1n) is 3.58. The fraction of sp³-hybridized carbons (Fsp3) is 0. The van der Waals surface area contributed by atoms with Gasteiger partial charge in [0.25, 0.3) is 0 Å². The average molecular weight is 243 g/mol. The first-order valence-corrected chi connectivity index (χ1v) is 4.38. The number of quaternary nitrogens is 1. The lowest BCUT2D eigenvalue weighted by Gasteiger charge is -2.22. The molecule has 2 rings (SSSR count). The molecule has 1 aliphatic rings. The number of rotatable bonds is 0. The molecule has 0 saturated carbocycles. The quantitative estimate of drug-likeness (QED) is 0.624. The van der Waals surface area contributed by atoms with E-state index < -0.39 is 0 Å². The molecule has 0 spiro atoms. The summed E-state index contributed by atoms with van der Waals surface area (Å²) >= 11 is 3.29. The first-order chi connectivity index (χ1) is 6.16. The second-order valence-electron chi connectivity index (χ2n) is 2.57. The highest BCUT2D eigenvalue weighted by Gasteiger charge is 2.16. The van der Waals surface area contributed by atoms with Crippen molar-refractivity contribution in [3.05, 3.63) is 28.1 Å². The van der Waals surface area contributed by atoms with Gasteiger partial charge in [0, 0.05) is 10.5 Å². The molecule has 1 aromatic rings. The van der Waals surface area contributed by atoms with Gasteiger partial charge in [-0.15, -0.1) is 0 Å². The molecule has 4 N–H and O–H groups in total. The minimum Gasteiger partial charge on any atom is -0.449 e. The van der Waals surface area contributed by atoms with Crippen LogP contribution in [0, 0.1) is 0 Å². The van der Waals surface area contributed by atoms with Crippen molar-refractivity contribution in [2.24, 2.45) is 10.7 Å². The fourth-order valence-corrected chi connectivity index (χ4v) is 1.46. The smallest absolute Gasteiger partial charge is 0.190 e. The standard InChI is InChI=1S/C7H7BrN4O/c8-4-1-2-5-6(3-4)12(13)11-7(9)10-5/h1-3,12-13H,(H2-,9,10,11). The summed E-state index contributed by atoms with van der Waals surface area (Å²) in [6.45, 7) is 0. The Hall–Kier alpha value is -1.11. The number of benzene rings is 1. The van der Waals surface area contributed by atoms with E-state index in [1.54, 1.807) is 12.1 Å². The minimum absolute atomic E-state index is 0.0762. The maximum Gasteiger partial charge on any atom is 0.190 e. The summed E-state index contributed by atoms with van der Waals surface area (Å²) in [5.41, 5.74) is 10.2. The van der Waals surface area contributed by atoms with Crippen LogP contribution in [0.15, 0.2) is 27.7 Å². The van der Waals surface area contributed by atoms with Crippen LogP contribution >= 0.6 is 15.9 Å². The van der Waals surface area contributed by atoms with Crippen LogP contribution in [0.25, 0.3) is 5.43 Å². The first kappa shape index (κ1) is 8.49. The summed E-state index contributed by atoms with van der Waals surface area (Å²) in [5, 5.41) is 9.33. The number of hydrogen-bond acceptors (Lipinski definition) is 3. The number of halogens is 1. The second kappa shape index (κ2) is 2.99. The van der Waals surface area contributed by atoms with E-state index in [1.165, 1.54) is 0 Å². The number of nitrogens with zero attached hydrogens (tertiary/aromatic N) is 2. The molecule has 0 amide bonds. The van der Waals surface area contributed by atoms with Crippen molar-refractivity contribution in [1.29, 1.82) is 0 Å². The Morgan fingerprint density at radius 2 is 2.31 bits per heavy atom. The predicted molar refractivity (Wildman–Crippen MR) is 51.2 cm³/mol. The van der Waals surface area contributed by atoms with Crippen LogP contribution in [-0.2, 0) is 0 Å². The van der Waals surface area contributed by atoms with Crippen molar-refractivity contribution >= 4 is 33.3 Å². The minimum atomic E-state index is -0.0937. The van der Waals surface area contributed by atoms with Crippen LogP contribution in [0.4, 0.5) is 11.4 Å². The Balaban J connectivity index is 2.56. The Bertz CT molecular complexity index is 379. The number of nitrogens with one attached hydrogen (secondary N) is 1. The van der Waals surface area contributed by atoms with Crippen LogP contribution in [-0.4, -0.2) is 11.2 Å². The molecule has 1 aliphatic heterocycles. The fourth-order valence-electron chi connectivity index (χ4n) is 1.10. The van der Waals surface area contributed by atoms with E-state index in [-0.39, 0.29) is 11.1 Å². The number of hydrogen-bond donors (Lipinski definition) is 3. The van der Waals surface area contributed by atoms with E-state index in [0.717, 1.165) is 4.47 Å². The third-order valence-electron chi connectivity index (χ3n) is 1.65. The second-order valence-corrected chi connectivity index (χ2v) is 3.48. The van der Waals surface area contributed by atoms with Gasteiger partial charge in [0.2, 0.25) is 0 Å². The monoisotopic (exact) mass is 242 g/mol. The maximum atomic E-state index is 9.42. The molecular formula is C7H7BrN4O. The molecule has 13 heavy (non-hydrogen) atoms. The number of fused-ring (bicyclic) bond motifs is 1. The van der Waals surface area contributed by atoms with Gasteiger partial charge < -0.3 is 10.7 Å². The molecule has 6 heteroatoms. The third kappa shape index (κ3) is 1.51. The Morgan fingerprint density at radius 1 is 1.54 bits per heavy atom. The zero-order valence-corrected chi connectivity index (χ0v) is 8.12. The lowest BCUT2D eigenvalue weighted by molar-refractivity contribution is -0.998. The van der Waals surface area contributed by atoms with Gasteiger partial charge in [0.05, 0.1) is 11.6 Å². The molecule has 5 nitrogen and oxygen atoms in total. The molecule has 0 aromatic heterocycles. The average Bonchev–Trinajstić information content (AvgIpc) is 2.06. The summed E-state index contributed by atoms with van der Waals surface area (Å²) in [6, 6.07) is 5.33. The Labute approximate surface area is 82.9 Å². The lowest BCUT2D eigenvalue weighted by atomic mass is 10.2. The van der Waals surface area contributed by atoms with Gasteiger partial charge in [0.15, 0.2) is 5.69 Å². The molecule has 1 heterocycles. The van der Waals surface area contributed by atoms with E-state index in [0.29, 0.717) is 11.4 Å². The molecule has 0 fully saturated rings. The predicted octanol–water partition coefficient (Wildman–Crippen LogP) is 0.603. The van der Waals surface area contributed by atoms with E-state index in [4.69, 9.17) is 5.73 Å². The van der Waals surface area contributed by atoms with Gasteiger partial charge in [-0.1, -0.05) is 21.1 Å². The summed E-state index contributed by atoms with van der Waals surface area (Å²) in [5.74, 6) is 0.0762. The zero-order chi connectivity index (χ0) is 9.42. The highest BCUT2D eigenvalue weighted by atomic mass is 79.9. The van der Waals surface area contributed by atoms with Crippen LogP contribution < -0.4 is 10.9 Å². The van der Waals surface area contributed by atoms with Gasteiger partial charge in [0.1, 0.15) is 0 Å². The summed E-state index contributed by atoms with van der Waals surface area (Å²) < 4.78 is 0.865. The van der Waals surface area contributed by atoms with Crippen molar-refractivity contribution in [2.75, 3.05) is 0 Å². The van der Waals surface area contributed by atoms with E-state index >= 15 is 0 Å². The Kier molecular flexibility index (Phi) is 1.95. The zero-order valence-electron chi connectivity index (χ0n) is 6.53.